The SMILES string of the molecule is O=[N+]([O-])c1ccc(-c2ccc(I)s2)cc1.O=[N+]([O-])c1ccc(-c2cccs2)cc1. The van der Waals surface area contributed by atoms with Gasteiger partial charge in [0.1, 0.15) is 0 Å². The average molecular weight is 536 g/mol. The quantitative estimate of drug-likeness (QED) is 0.156. The Labute approximate surface area is 187 Å². The molecule has 0 aliphatic rings. The van der Waals surface area contributed by atoms with Crippen LogP contribution in [0.3, 0.4) is 0 Å². The molecular formula is C20H13IN2O4S2. The molecular weight excluding hydrogens is 523 g/mol. The van der Waals surface area contributed by atoms with Crippen LogP contribution in [0.1, 0.15) is 0 Å². The molecule has 0 aliphatic carbocycles. The van der Waals surface area contributed by atoms with Gasteiger partial charge in [-0.15, -0.1) is 22.7 Å². The largest absolute Gasteiger partial charge is 0.269 e. The van der Waals surface area contributed by atoms with Crippen LogP contribution in [0.15, 0.2) is 78.2 Å². The van der Waals surface area contributed by atoms with Gasteiger partial charge < -0.3 is 0 Å². The van der Waals surface area contributed by atoms with Crippen molar-refractivity contribution >= 4 is 56.6 Å². The Balaban J connectivity index is 0.000000166. The molecule has 29 heavy (non-hydrogen) atoms. The van der Waals surface area contributed by atoms with Crippen LogP contribution >= 0.6 is 45.3 Å². The number of benzene rings is 2. The third-order valence-corrected chi connectivity index (χ3v) is 6.68. The normalized spacial score (nSPS) is 10.1. The molecule has 0 aliphatic heterocycles. The molecule has 0 saturated heterocycles. The predicted molar refractivity (Wildman–Crippen MR) is 126 cm³/mol. The summed E-state index contributed by atoms with van der Waals surface area (Å²) in [6.07, 6.45) is 0. The van der Waals surface area contributed by atoms with Crippen molar-refractivity contribution in [3.8, 4) is 20.9 Å². The van der Waals surface area contributed by atoms with Crippen LogP contribution in [0.2, 0.25) is 0 Å². The van der Waals surface area contributed by atoms with Crippen molar-refractivity contribution in [2.45, 2.75) is 0 Å². The Morgan fingerprint density at radius 2 is 1.21 bits per heavy atom. The second kappa shape index (κ2) is 9.72. The third-order valence-electron chi connectivity index (χ3n) is 3.82. The zero-order valence-electron chi connectivity index (χ0n) is 14.7. The summed E-state index contributed by atoms with van der Waals surface area (Å²) in [7, 11) is 0. The Bertz CT molecular complexity index is 1110. The smallest absolute Gasteiger partial charge is 0.258 e. The number of nitro benzene ring substituents is 2. The Hall–Kier alpha value is -2.63. The van der Waals surface area contributed by atoms with Crippen molar-refractivity contribution in [2.75, 3.05) is 0 Å². The van der Waals surface area contributed by atoms with Gasteiger partial charge in [-0.3, -0.25) is 20.2 Å². The van der Waals surface area contributed by atoms with Gasteiger partial charge in [0, 0.05) is 34.0 Å². The summed E-state index contributed by atoms with van der Waals surface area (Å²) < 4.78 is 1.21. The second-order valence-electron chi connectivity index (χ2n) is 5.69. The molecule has 4 aromatic rings. The van der Waals surface area contributed by atoms with E-state index in [2.05, 4.69) is 22.6 Å². The van der Waals surface area contributed by atoms with Crippen LogP contribution in [-0.2, 0) is 0 Å². The number of rotatable bonds is 4. The predicted octanol–water partition coefficient (Wildman–Crippen LogP) is 7.25. The van der Waals surface area contributed by atoms with Crippen molar-refractivity contribution in [1.29, 1.82) is 0 Å². The molecule has 4 rings (SSSR count). The van der Waals surface area contributed by atoms with Gasteiger partial charge in [-0.1, -0.05) is 6.07 Å². The van der Waals surface area contributed by atoms with Crippen molar-refractivity contribution in [3.05, 3.63) is 101 Å². The number of non-ortho nitro benzene ring substituents is 2. The van der Waals surface area contributed by atoms with E-state index in [0.717, 1.165) is 20.9 Å². The highest BCUT2D eigenvalue weighted by Gasteiger charge is 2.06. The summed E-state index contributed by atoms with van der Waals surface area (Å²) in [4.78, 5) is 22.3. The standard InChI is InChI=1S/C10H6INO2S.C10H7NO2S/c11-10-6-5-9(15-10)7-1-3-8(4-2-7)12(13)14;12-11(13)9-5-3-8(4-6-9)10-2-1-7-14-10/h1-6H;1-7H. The number of hydrogen-bond donors (Lipinski definition) is 0. The second-order valence-corrected chi connectivity index (χ2v) is 9.61. The third kappa shape index (κ3) is 5.68. The Morgan fingerprint density at radius 3 is 1.59 bits per heavy atom. The van der Waals surface area contributed by atoms with Gasteiger partial charge in [-0.2, -0.15) is 0 Å². The summed E-state index contributed by atoms with van der Waals surface area (Å²) >= 11 is 5.55. The topological polar surface area (TPSA) is 86.3 Å². The van der Waals surface area contributed by atoms with Gasteiger partial charge >= 0.3 is 0 Å². The molecule has 0 unspecified atom stereocenters. The summed E-state index contributed by atoms with van der Waals surface area (Å²) in [5, 5.41) is 22.8. The van der Waals surface area contributed by atoms with Gasteiger partial charge in [0.2, 0.25) is 0 Å². The first-order valence-corrected chi connectivity index (χ1v) is 11.0. The molecule has 2 aromatic carbocycles. The first-order valence-electron chi connectivity index (χ1n) is 8.22. The molecule has 0 bridgehead atoms. The van der Waals surface area contributed by atoms with E-state index in [1.165, 1.54) is 27.1 Å². The van der Waals surface area contributed by atoms with Crippen molar-refractivity contribution in [2.24, 2.45) is 0 Å². The number of nitrogens with zero attached hydrogens (tertiary/aromatic N) is 2. The lowest BCUT2D eigenvalue weighted by Gasteiger charge is -1.96. The molecule has 0 atom stereocenters. The van der Waals surface area contributed by atoms with E-state index in [4.69, 9.17) is 0 Å². The number of halogens is 1. The fourth-order valence-electron chi connectivity index (χ4n) is 2.41. The van der Waals surface area contributed by atoms with Crippen LogP contribution in [0, 0.1) is 23.1 Å². The zero-order chi connectivity index (χ0) is 20.8. The van der Waals surface area contributed by atoms with Gasteiger partial charge in [-0.05, 0) is 81.6 Å². The van der Waals surface area contributed by atoms with E-state index in [9.17, 15) is 20.2 Å². The van der Waals surface area contributed by atoms with E-state index < -0.39 is 4.92 Å². The van der Waals surface area contributed by atoms with E-state index in [1.807, 2.05) is 29.6 Å². The monoisotopic (exact) mass is 536 g/mol. The molecule has 0 radical (unpaired) electrons. The maximum Gasteiger partial charge on any atom is 0.269 e. The lowest BCUT2D eigenvalue weighted by molar-refractivity contribution is -0.385. The minimum absolute atomic E-state index is 0.130. The molecule has 2 aromatic heterocycles. The van der Waals surface area contributed by atoms with E-state index in [0.29, 0.717) is 0 Å². The fourth-order valence-corrected chi connectivity index (χ4v) is 4.77. The summed E-state index contributed by atoms with van der Waals surface area (Å²) in [5.41, 5.74) is 2.30. The first-order chi connectivity index (χ1) is 13.9. The molecule has 2 heterocycles. The maximum atomic E-state index is 10.5. The minimum atomic E-state index is -0.391. The van der Waals surface area contributed by atoms with Crippen molar-refractivity contribution in [3.63, 3.8) is 0 Å². The molecule has 6 nitrogen and oxygen atoms in total. The zero-order valence-corrected chi connectivity index (χ0v) is 18.5. The molecule has 0 fully saturated rings. The van der Waals surface area contributed by atoms with E-state index in [-0.39, 0.29) is 16.3 Å². The van der Waals surface area contributed by atoms with Gasteiger partial charge in [0.15, 0.2) is 0 Å². The summed E-state index contributed by atoms with van der Waals surface area (Å²) in [5.74, 6) is 0. The Kier molecular flexibility index (Phi) is 7.07. The van der Waals surface area contributed by atoms with Crippen molar-refractivity contribution in [1.82, 2.24) is 0 Å². The highest BCUT2D eigenvalue weighted by atomic mass is 127. The fraction of sp³-hybridized carbons (Fsp3) is 0. The van der Waals surface area contributed by atoms with Crippen LogP contribution in [0.25, 0.3) is 20.9 Å². The summed E-state index contributed by atoms with van der Waals surface area (Å²) in [6, 6.07) is 21.2. The van der Waals surface area contributed by atoms with Crippen LogP contribution in [0.5, 0.6) is 0 Å². The highest BCUT2D eigenvalue weighted by molar-refractivity contribution is 14.1. The molecule has 0 N–H and O–H groups in total. The summed E-state index contributed by atoms with van der Waals surface area (Å²) in [6.45, 7) is 0. The Morgan fingerprint density at radius 1 is 0.690 bits per heavy atom. The lowest BCUT2D eigenvalue weighted by Crippen LogP contribution is -1.86. The number of hydrogen-bond acceptors (Lipinski definition) is 6. The van der Waals surface area contributed by atoms with Gasteiger partial charge in [-0.25, -0.2) is 0 Å². The number of nitro groups is 2. The van der Waals surface area contributed by atoms with E-state index >= 15 is 0 Å². The average Bonchev–Trinajstić information content (AvgIpc) is 3.41. The molecule has 0 spiro atoms. The highest BCUT2D eigenvalue weighted by Crippen LogP contribution is 2.30. The van der Waals surface area contributed by atoms with Crippen LogP contribution in [0.4, 0.5) is 11.4 Å². The maximum absolute atomic E-state index is 10.5. The van der Waals surface area contributed by atoms with Crippen LogP contribution < -0.4 is 0 Å². The van der Waals surface area contributed by atoms with E-state index in [1.54, 1.807) is 46.9 Å². The number of thiophene rings is 2. The van der Waals surface area contributed by atoms with Gasteiger partial charge in [0.05, 0.1) is 12.7 Å². The van der Waals surface area contributed by atoms with Crippen molar-refractivity contribution < 1.29 is 9.85 Å². The molecule has 9 heteroatoms. The van der Waals surface area contributed by atoms with Crippen LogP contribution in [-0.4, -0.2) is 9.85 Å². The molecule has 0 amide bonds. The lowest BCUT2D eigenvalue weighted by atomic mass is 10.2. The minimum Gasteiger partial charge on any atom is -0.258 e. The van der Waals surface area contributed by atoms with Gasteiger partial charge in [0.25, 0.3) is 11.4 Å². The first kappa shape index (κ1) is 21.1. The molecule has 0 saturated carbocycles. The molecule has 146 valence electrons.